The summed E-state index contributed by atoms with van der Waals surface area (Å²) in [6, 6.07) is 0. The maximum absolute atomic E-state index is 3.13. The van der Waals surface area contributed by atoms with Crippen LogP contribution >= 0.6 is 23.5 Å². The molecule has 0 N–H and O–H groups in total. The Morgan fingerprint density at radius 3 is 2.83 bits per heavy atom. The van der Waals surface area contributed by atoms with E-state index in [2.05, 4.69) is 47.8 Å². The van der Waals surface area contributed by atoms with Gasteiger partial charge in [-0.25, -0.2) is 0 Å². The van der Waals surface area contributed by atoms with Crippen LogP contribution in [-0.4, -0.2) is 16.1 Å². The molecule has 12 heavy (non-hydrogen) atoms. The van der Waals surface area contributed by atoms with E-state index in [1.807, 2.05) is 6.08 Å². The predicted octanol–water partition coefficient (Wildman–Crippen LogP) is 3.04. The molecule has 2 aliphatic rings. The summed E-state index contributed by atoms with van der Waals surface area (Å²) in [6.45, 7) is 0. The number of thioether (sulfide) groups is 2. The van der Waals surface area contributed by atoms with Crippen molar-refractivity contribution in [3.8, 4) is 0 Å². The molecule has 0 amide bonds. The van der Waals surface area contributed by atoms with Crippen molar-refractivity contribution in [2.75, 3.05) is 11.5 Å². The molecule has 0 atom stereocenters. The lowest BCUT2D eigenvalue weighted by Gasteiger charge is -2.18. The van der Waals surface area contributed by atoms with Crippen LogP contribution in [0.1, 0.15) is 6.42 Å². The quantitative estimate of drug-likeness (QED) is 0.590. The van der Waals surface area contributed by atoms with Crippen LogP contribution in [0, 0.1) is 6.08 Å². The highest BCUT2D eigenvalue weighted by Gasteiger charge is 2.21. The van der Waals surface area contributed by atoms with Gasteiger partial charge in [-0.2, -0.15) is 0 Å². The molecule has 0 spiro atoms. The van der Waals surface area contributed by atoms with Crippen molar-refractivity contribution in [2.45, 2.75) is 11.0 Å². The third kappa shape index (κ3) is 1.95. The highest BCUT2D eigenvalue weighted by atomic mass is 32.2. The fraction of sp³-hybridized carbons (Fsp3) is 0.400. The Labute approximate surface area is 82.2 Å². The number of rotatable bonds is 1. The van der Waals surface area contributed by atoms with Crippen LogP contribution in [0.3, 0.4) is 0 Å². The van der Waals surface area contributed by atoms with E-state index in [0.717, 1.165) is 0 Å². The zero-order valence-electron chi connectivity index (χ0n) is 6.82. The maximum Gasteiger partial charge on any atom is 0.121 e. The molecule has 1 aliphatic carbocycles. The van der Waals surface area contributed by atoms with Crippen molar-refractivity contribution in [1.29, 1.82) is 0 Å². The van der Waals surface area contributed by atoms with E-state index in [9.17, 15) is 0 Å². The number of hydrogen-bond donors (Lipinski definition) is 0. The van der Waals surface area contributed by atoms with Crippen LogP contribution in [0.2, 0.25) is 0 Å². The largest absolute Gasteiger partial charge is 0.129 e. The standard InChI is InChI=1S/C10H11S2/c1-2-5-9(6-3-1)10-11-7-4-8-12-10/h1-2,5-6,10H,4,7-8H2/q+1. The Hall–Kier alpha value is -0.170. The second kappa shape index (κ2) is 4.18. The lowest BCUT2D eigenvalue weighted by Crippen LogP contribution is -2.08. The monoisotopic (exact) mass is 195 g/mol. The minimum absolute atomic E-state index is 0.663. The normalized spacial score (nSPS) is 23.5. The topological polar surface area (TPSA) is 0 Å². The first-order valence-corrected chi connectivity index (χ1v) is 6.26. The summed E-state index contributed by atoms with van der Waals surface area (Å²) in [4.78, 5) is 0. The van der Waals surface area contributed by atoms with Gasteiger partial charge in [0.1, 0.15) is 16.7 Å². The van der Waals surface area contributed by atoms with Crippen molar-refractivity contribution in [3.05, 3.63) is 36.0 Å². The second-order valence-corrected chi connectivity index (χ2v) is 5.49. The average Bonchev–Trinajstić information content (AvgIpc) is 2.21. The van der Waals surface area contributed by atoms with Gasteiger partial charge in [0.25, 0.3) is 0 Å². The van der Waals surface area contributed by atoms with Crippen molar-refractivity contribution < 1.29 is 0 Å². The Balaban J connectivity index is 2.03. The van der Waals surface area contributed by atoms with Gasteiger partial charge in [-0.05, 0) is 17.9 Å². The SMILES string of the molecule is [C+]1=CC(C2SCCCS2)=CC=C1. The van der Waals surface area contributed by atoms with E-state index in [0.29, 0.717) is 4.58 Å². The Morgan fingerprint density at radius 2 is 2.17 bits per heavy atom. The molecular formula is C10H11S2+. The molecule has 0 bridgehead atoms. The first-order valence-electron chi connectivity index (χ1n) is 4.16. The second-order valence-electron chi connectivity index (χ2n) is 2.76. The van der Waals surface area contributed by atoms with Gasteiger partial charge in [-0.15, -0.1) is 23.5 Å². The number of allylic oxidation sites excluding steroid dienone is 5. The summed E-state index contributed by atoms with van der Waals surface area (Å²) in [7, 11) is 0. The molecule has 1 saturated heterocycles. The molecule has 1 fully saturated rings. The molecule has 0 radical (unpaired) electrons. The molecule has 2 heteroatoms. The van der Waals surface area contributed by atoms with Crippen LogP contribution in [0.4, 0.5) is 0 Å². The van der Waals surface area contributed by atoms with Crippen LogP contribution in [0.25, 0.3) is 0 Å². The first-order chi connectivity index (χ1) is 5.97. The fourth-order valence-electron chi connectivity index (χ4n) is 1.23. The van der Waals surface area contributed by atoms with Gasteiger partial charge in [0.05, 0.1) is 11.6 Å². The molecule has 0 aromatic rings. The summed E-state index contributed by atoms with van der Waals surface area (Å²) < 4.78 is 0.663. The van der Waals surface area contributed by atoms with Crippen LogP contribution in [0.15, 0.2) is 29.9 Å². The first kappa shape index (κ1) is 8.43. The van der Waals surface area contributed by atoms with E-state index in [1.54, 1.807) is 0 Å². The molecule has 1 aliphatic heterocycles. The zero-order chi connectivity index (χ0) is 8.23. The molecule has 2 rings (SSSR count). The van der Waals surface area contributed by atoms with Crippen molar-refractivity contribution >= 4 is 23.5 Å². The summed E-state index contributed by atoms with van der Waals surface area (Å²) in [5.74, 6) is 2.62. The molecular weight excluding hydrogens is 184 g/mol. The van der Waals surface area contributed by atoms with E-state index in [-0.39, 0.29) is 0 Å². The smallest absolute Gasteiger partial charge is 0.121 e. The van der Waals surface area contributed by atoms with E-state index in [4.69, 9.17) is 0 Å². The minimum Gasteiger partial charge on any atom is -0.129 e. The fourth-order valence-corrected chi connectivity index (χ4v) is 4.11. The third-order valence-corrected chi connectivity index (χ3v) is 4.85. The summed E-state index contributed by atoms with van der Waals surface area (Å²) in [5, 5.41) is 0. The Kier molecular flexibility index (Phi) is 2.93. The molecule has 0 aromatic carbocycles. The lowest BCUT2D eigenvalue weighted by molar-refractivity contribution is 1.10. The van der Waals surface area contributed by atoms with E-state index >= 15 is 0 Å². The van der Waals surface area contributed by atoms with Crippen molar-refractivity contribution in [2.24, 2.45) is 0 Å². The van der Waals surface area contributed by atoms with Gasteiger partial charge in [0, 0.05) is 12.2 Å². The van der Waals surface area contributed by atoms with Crippen molar-refractivity contribution in [1.82, 2.24) is 0 Å². The third-order valence-electron chi connectivity index (χ3n) is 1.83. The zero-order valence-corrected chi connectivity index (χ0v) is 8.46. The molecule has 62 valence electrons. The predicted molar refractivity (Wildman–Crippen MR) is 58.4 cm³/mol. The van der Waals surface area contributed by atoms with Gasteiger partial charge in [-0.1, -0.05) is 0 Å². The van der Waals surface area contributed by atoms with Crippen LogP contribution in [0.5, 0.6) is 0 Å². The molecule has 0 saturated carbocycles. The molecule has 0 nitrogen and oxygen atoms in total. The highest BCUT2D eigenvalue weighted by molar-refractivity contribution is 8.17. The van der Waals surface area contributed by atoms with Crippen LogP contribution in [-0.2, 0) is 0 Å². The van der Waals surface area contributed by atoms with Gasteiger partial charge >= 0.3 is 0 Å². The summed E-state index contributed by atoms with van der Waals surface area (Å²) in [5.41, 5.74) is 1.42. The highest BCUT2D eigenvalue weighted by Crippen LogP contribution is 2.36. The summed E-state index contributed by atoms with van der Waals surface area (Å²) in [6.07, 6.45) is 12.8. The summed E-state index contributed by atoms with van der Waals surface area (Å²) >= 11 is 4.12. The molecule has 1 heterocycles. The van der Waals surface area contributed by atoms with Crippen LogP contribution < -0.4 is 0 Å². The molecule has 0 unspecified atom stereocenters. The average molecular weight is 195 g/mol. The Morgan fingerprint density at radius 1 is 1.33 bits per heavy atom. The van der Waals surface area contributed by atoms with Gasteiger partial charge in [0.15, 0.2) is 0 Å². The van der Waals surface area contributed by atoms with E-state index in [1.165, 1.54) is 23.5 Å². The van der Waals surface area contributed by atoms with Gasteiger partial charge in [-0.3, -0.25) is 0 Å². The Bertz CT molecular complexity index is 232. The van der Waals surface area contributed by atoms with E-state index < -0.39 is 0 Å². The van der Waals surface area contributed by atoms with Gasteiger partial charge in [0.2, 0.25) is 0 Å². The number of hydrogen-bond acceptors (Lipinski definition) is 2. The lowest BCUT2D eigenvalue weighted by atomic mass is 10.2. The maximum atomic E-state index is 3.13. The van der Waals surface area contributed by atoms with Gasteiger partial charge < -0.3 is 0 Å². The molecule has 0 aromatic heterocycles. The van der Waals surface area contributed by atoms with Crippen molar-refractivity contribution in [3.63, 3.8) is 0 Å². The minimum atomic E-state index is 0.663.